The minimum Gasteiger partial charge on any atom is -0.497 e. The first kappa shape index (κ1) is 16.3. The van der Waals surface area contributed by atoms with Crippen LogP contribution in [-0.4, -0.2) is 60.0 Å². The van der Waals surface area contributed by atoms with Gasteiger partial charge in [-0.3, -0.25) is 0 Å². The van der Waals surface area contributed by atoms with Gasteiger partial charge in [0.05, 0.1) is 14.2 Å². The monoisotopic (exact) mass is 361 g/mol. The molecule has 0 spiro atoms. The quantitative estimate of drug-likeness (QED) is 0.558. The summed E-state index contributed by atoms with van der Waals surface area (Å²) in [5.74, 6) is 1.03. The van der Waals surface area contributed by atoms with Crippen molar-refractivity contribution in [2.24, 2.45) is 0 Å². The van der Waals surface area contributed by atoms with E-state index in [1.54, 1.807) is 12.0 Å². The number of hydrogen-bond acceptors (Lipinski definition) is 5. The number of methoxy groups -OCH3 is 1. The average Bonchev–Trinajstić information content (AvgIpc) is 3.21. The van der Waals surface area contributed by atoms with Crippen molar-refractivity contribution in [2.75, 3.05) is 40.3 Å². The SMILES string of the molecule is COc1cccc([C@@H](c2sc3ncnn3c2O)[NH+]2CC[NH+](C)CC2)c1. The minimum atomic E-state index is 0.0525. The summed E-state index contributed by atoms with van der Waals surface area (Å²) in [6.07, 6.45) is 1.47. The van der Waals surface area contributed by atoms with Gasteiger partial charge in [-0.25, -0.2) is 4.98 Å². The lowest BCUT2D eigenvalue weighted by Crippen LogP contribution is -3.27. The Hall–Kier alpha value is -2.16. The van der Waals surface area contributed by atoms with Crippen LogP contribution < -0.4 is 14.5 Å². The molecular weight excluding hydrogens is 338 g/mol. The molecule has 4 rings (SSSR count). The predicted octanol–water partition coefficient (Wildman–Crippen LogP) is -0.992. The van der Waals surface area contributed by atoms with Gasteiger partial charge in [0.15, 0.2) is 6.04 Å². The number of ether oxygens (including phenoxy) is 1. The highest BCUT2D eigenvalue weighted by Crippen LogP contribution is 2.35. The molecule has 0 unspecified atom stereocenters. The fraction of sp³-hybridized carbons (Fsp3) is 0.412. The van der Waals surface area contributed by atoms with E-state index >= 15 is 0 Å². The second-order valence-corrected chi connectivity index (χ2v) is 7.58. The number of fused-ring (bicyclic) bond motifs is 1. The van der Waals surface area contributed by atoms with Gasteiger partial charge in [-0.05, 0) is 12.1 Å². The Bertz CT molecular complexity index is 869. The molecule has 0 aliphatic carbocycles. The van der Waals surface area contributed by atoms with E-state index in [1.165, 1.54) is 27.1 Å². The summed E-state index contributed by atoms with van der Waals surface area (Å²) in [5.41, 5.74) is 1.15. The zero-order valence-corrected chi connectivity index (χ0v) is 15.2. The van der Waals surface area contributed by atoms with Gasteiger partial charge in [0.2, 0.25) is 10.8 Å². The Morgan fingerprint density at radius 1 is 1.28 bits per heavy atom. The van der Waals surface area contributed by atoms with Crippen LogP contribution in [-0.2, 0) is 0 Å². The van der Waals surface area contributed by atoms with Crippen molar-refractivity contribution in [2.45, 2.75) is 6.04 Å². The van der Waals surface area contributed by atoms with Crippen LogP contribution in [0.15, 0.2) is 30.6 Å². The van der Waals surface area contributed by atoms with E-state index in [2.05, 4.69) is 29.3 Å². The first-order chi connectivity index (χ1) is 12.2. The number of benzene rings is 1. The summed E-state index contributed by atoms with van der Waals surface area (Å²) in [6.45, 7) is 4.36. The molecule has 1 atom stereocenters. The van der Waals surface area contributed by atoms with E-state index in [4.69, 9.17) is 4.74 Å². The number of quaternary nitrogens is 2. The summed E-state index contributed by atoms with van der Waals surface area (Å²) < 4.78 is 6.94. The fourth-order valence-electron chi connectivity index (χ4n) is 3.56. The van der Waals surface area contributed by atoms with Crippen molar-refractivity contribution >= 4 is 16.3 Å². The summed E-state index contributed by atoms with van der Waals surface area (Å²) in [6, 6.07) is 8.19. The van der Waals surface area contributed by atoms with Crippen LogP contribution >= 0.6 is 11.3 Å². The van der Waals surface area contributed by atoms with Crippen LogP contribution in [0, 0.1) is 0 Å². The maximum Gasteiger partial charge on any atom is 0.235 e. The number of likely N-dealkylation sites (N-methyl/N-ethyl adjacent to an activating group) is 1. The van der Waals surface area contributed by atoms with E-state index < -0.39 is 0 Å². The fourth-order valence-corrected chi connectivity index (χ4v) is 4.68. The molecule has 0 bridgehead atoms. The molecular formula is C17H23N5O2S+2. The molecule has 1 aromatic carbocycles. The number of piperazine rings is 1. The summed E-state index contributed by atoms with van der Waals surface area (Å²) in [5, 5.41) is 14.9. The lowest BCUT2D eigenvalue weighted by molar-refractivity contribution is -1.02. The first-order valence-corrected chi connectivity index (χ1v) is 9.30. The van der Waals surface area contributed by atoms with E-state index in [0.717, 1.165) is 47.3 Å². The number of aromatic nitrogens is 3. The Morgan fingerprint density at radius 2 is 2.08 bits per heavy atom. The second-order valence-electron chi connectivity index (χ2n) is 6.57. The molecule has 1 saturated heterocycles. The van der Waals surface area contributed by atoms with Gasteiger partial charge in [-0.1, -0.05) is 23.5 Å². The zero-order valence-electron chi connectivity index (χ0n) is 14.4. The molecule has 2 aromatic heterocycles. The predicted molar refractivity (Wildman–Crippen MR) is 94.7 cm³/mol. The molecule has 25 heavy (non-hydrogen) atoms. The normalized spacial score (nSPS) is 22.2. The van der Waals surface area contributed by atoms with E-state index in [0.29, 0.717) is 0 Å². The van der Waals surface area contributed by atoms with Crippen molar-refractivity contribution in [1.82, 2.24) is 14.6 Å². The summed E-state index contributed by atoms with van der Waals surface area (Å²) in [4.78, 5) is 8.89. The van der Waals surface area contributed by atoms with Crippen LogP contribution in [0.1, 0.15) is 16.5 Å². The van der Waals surface area contributed by atoms with Gasteiger partial charge >= 0.3 is 0 Å². The molecule has 3 aromatic rings. The Kier molecular flexibility index (Phi) is 4.32. The minimum absolute atomic E-state index is 0.0525. The van der Waals surface area contributed by atoms with Crippen LogP contribution in [0.4, 0.5) is 0 Å². The lowest BCUT2D eigenvalue weighted by Gasteiger charge is -2.33. The van der Waals surface area contributed by atoms with Crippen molar-refractivity contribution in [3.05, 3.63) is 41.0 Å². The third kappa shape index (κ3) is 2.97. The smallest absolute Gasteiger partial charge is 0.235 e. The second kappa shape index (κ2) is 6.62. The number of rotatable bonds is 4. The molecule has 3 N–H and O–H groups in total. The van der Waals surface area contributed by atoms with E-state index in [-0.39, 0.29) is 11.9 Å². The first-order valence-electron chi connectivity index (χ1n) is 8.48. The van der Waals surface area contributed by atoms with Crippen LogP contribution in [0.25, 0.3) is 4.96 Å². The van der Waals surface area contributed by atoms with Crippen LogP contribution in [0.5, 0.6) is 11.6 Å². The Morgan fingerprint density at radius 3 is 2.80 bits per heavy atom. The summed E-state index contributed by atoms with van der Waals surface area (Å²) >= 11 is 1.51. The van der Waals surface area contributed by atoms with Gasteiger partial charge < -0.3 is 19.6 Å². The van der Waals surface area contributed by atoms with Crippen LogP contribution in [0.3, 0.4) is 0 Å². The highest BCUT2D eigenvalue weighted by atomic mass is 32.1. The Labute approximate surface area is 150 Å². The molecule has 1 aliphatic heterocycles. The highest BCUT2D eigenvalue weighted by Gasteiger charge is 2.35. The van der Waals surface area contributed by atoms with Gasteiger partial charge in [0.1, 0.15) is 43.1 Å². The summed E-state index contributed by atoms with van der Waals surface area (Å²) in [7, 11) is 3.92. The van der Waals surface area contributed by atoms with Crippen molar-refractivity contribution in [1.29, 1.82) is 0 Å². The Balaban J connectivity index is 1.80. The number of hydrogen-bond donors (Lipinski definition) is 3. The maximum atomic E-state index is 10.7. The van der Waals surface area contributed by atoms with Gasteiger partial charge in [-0.2, -0.15) is 9.61 Å². The molecule has 7 nitrogen and oxygen atoms in total. The van der Waals surface area contributed by atoms with E-state index in [9.17, 15) is 5.11 Å². The molecule has 0 saturated carbocycles. The molecule has 0 amide bonds. The molecule has 8 heteroatoms. The molecule has 1 aliphatic rings. The number of aromatic hydroxyl groups is 1. The van der Waals surface area contributed by atoms with Crippen molar-refractivity contribution < 1.29 is 19.6 Å². The molecule has 3 heterocycles. The molecule has 132 valence electrons. The maximum absolute atomic E-state index is 10.7. The van der Waals surface area contributed by atoms with Crippen molar-refractivity contribution in [3.8, 4) is 11.6 Å². The average molecular weight is 361 g/mol. The zero-order chi connectivity index (χ0) is 17.4. The topological polar surface area (TPSA) is 68.5 Å². The largest absolute Gasteiger partial charge is 0.497 e. The van der Waals surface area contributed by atoms with Crippen molar-refractivity contribution in [3.63, 3.8) is 0 Å². The van der Waals surface area contributed by atoms with Gasteiger partial charge in [-0.15, -0.1) is 0 Å². The lowest BCUT2D eigenvalue weighted by atomic mass is 10.0. The number of thiazole rings is 1. The molecule has 0 radical (unpaired) electrons. The highest BCUT2D eigenvalue weighted by molar-refractivity contribution is 7.17. The third-order valence-electron chi connectivity index (χ3n) is 4.98. The number of nitrogens with zero attached hydrogens (tertiary/aromatic N) is 3. The molecule has 1 fully saturated rings. The third-order valence-corrected chi connectivity index (χ3v) is 6.08. The van der Waals surface area contributed by atoms with E-state index in [1.807, 2.05) is 12.1 Å². The standard InChI is InChI=1S/C17H21N5O2S/c1-20-6-8-21(9-7-20)14(12-4-3-5-13(10-12)24-2)15-16(23)22-17(25-15)18-11-19-22/h3-5,10-11,14,23H,6-9H2,1-2H3/p+2/t14-/m0/s1. The van der Waals surface area contributed by atoms with Gasteiger partial charge in [0, 0.05) is 5.56 Å². The van der Waals surface area contributed by atoms with Gasteiger partial charge in [0.25, 0.3) is 0 Å². The number of nitrogens with one attached hydrogen (secondary N) is 2. The van der Waals surface area contributed by atoms with Crippen LogP contribution in [0.2, 0.25) is 0 Å².